The molecule has 6 nitrogen and oxygen atoms in total. The average molecular weight is 395 g/mol. The fourth-order valence-corrected chi connectivity index (χ4v) is 3.22. The van der Waals surface area contributed by atoms with E-state index in [1.807, 2.05) is 0 Å². The molecule has 0 bridgehead atoms. The van der Waals surface area contributed by atoms with Gasteiger partial charge in [-0.2, -0.15) is 0 Å². The molecule has 1 saturated heterocycles. The predicted octanol–water partition coefficient (Wildman–Crippen LogP) is 4.12. The monoisotopic (exact) mass is 394 g/mol. The fraction of sp³-hybridized carbons (Fsp3) is 0.278. The van der Waals surface area contributed by atoms with Crippen LogP contribution in [0.1, 0.15) is 23.7 Å². The number of hydrogen-bond donors (Lipinski definition) is 1. The molecule has 0 saturated carbocycles. The third-order valence-electron chi connectivity index (χ3n) is 4.38. The second-order valence-electron chi connectivity index (χ2n) is 6.38. The number of likely N-dealkylation sites (tertiary alicyclic amines) is 1. The van der Waals surface area contributed by atoms with Crippen LogP contribution in [-0.4, -0.2) is 40.0 Å². The largest absolute Gasteiger partial charge is 0.481 e. The molecule has 0 radical (unpaired) electrons. The summed E-state index contributed by atoms with van der Waals surface area (Å²) in [6, 6.07) is 7.94. The Hall–Kier alpha value is -2.31. The molecule has 1 aromatic heterocycles. The molecule has 1 aromatic carbocycles. The first-order valence-electron chi connectivity index (χ1n) is 7.91. The quantitative estimate of drug-likeness (QED) is 0.843. The molecule has 2 aromatic rings. The molecule has 1 aliphatic heterocycles. The number of carboxylic acids is 1. The highest BCUT2D eigenvalue weighted by molar-refractivity contribution is 6.35. The molecule has 0 aliphatic carbocycles. The number of carbonyl (C=O) groups excluding carboxylic acids is 1. The Morgan fingerprint density at radius 3 is 2.73 bits per heavy atom. The van der Waals surface area contributed by atoms with Crippen LogP contribution in [0.25, 0.3) is 0 Å². The summed E-state index contributed by atoms with van der Waals surface area (Å²) in [5.74, 6) is -0.821. The molecule has 26 heavy (non-hydrogen) atoms. The van der Waals surface area contributed by atoms with E-state index in [1.54, 1.807) is 31.2 Å². The molecule has 1 amide bonds. The van der Waals surface area contributed by atoms with Crippen molar-refractivity contribution in [3.05, 3.63) is 52.1 Å². The summed E-state index contributed by atoms with van der Waals surface area (Å²) in [5, 5.41) is 10.1. The van der Waals surface area contributed by atoms with Crippen molar-refractivity contribution in [2.45, 2.75) is 13.3 Å². The number of nitrogens with zero attached hydrogens (tertiary/aromatic N) is 2. The molecule has 1 unspecified atom stereocenters. The summed E-state index contributed by atoms with van der Waals surface area (Å²) in [7, 11) is 0. The molecule has 1 fully saturated rings. The Morgan fingerprint density at radius 2 is 2.08 bits per heavy atom. The predicted molar refractivity (Wildman–Crippen MR) is 97.0 cm³/mol. The van der Waals surface area contributed by atoms with Crippen LogP contribution in [0.5, 0.6) is 11.6 Å². The molecule has 2 heterocycles. The fourth-order valence-electron chi connectivity index (χ4n) is 2.78. The van der Waals surface area contributed by atoms with Crippen molar-refractivity contribution >= 4 is 35.1 Å². The Kier molecular flexibility index (Phi) is 5.07. The highest BCUT2D eigenvalue weighted by atomic mass is 35.5. The van der Waals surface area contributed by atoms with Crippen LogP contribution in [0.15, 0.2) is 36.5 Å². The molecule has 1 N–H and O–H groups in total. The Balaban J connectivity index is 1.85. The van der Waals surface area contributed by atoms with E-state index < -0.39 is 11.4 Å². The van der Waals surface area contributed by atoms with Gasteiger partial charge in [0, 0.05) is 24.3 Å². The maximum atomic E-state index is 12.9. The number of aliphatic carboxylic acids is 1. The zero-order valence-electron chi connectivity index (χ0n) is 13.9. The van der Waals surface area contributed by atoms with Gasteiger partial charge in [0.05, 0.1) is 10.4 Å². The van der Waals surface area contributed by atoms with Crippen molar-refractivity contribution in [3.63, 3.8) is 0 Å². The normalized spacial score (nSPS) is 19.4. The Bertz CT molecular complexity index is 874. The van der Waals surface area contributed by atoms with E-state index in [9.17, 15) is 14.7 Å². The molecular formula is C18H16Cl2N2O4. The Morgan fingerprint density at radius 1 is 1.31 bits per heavy atom. The molecular weight excluding hydrogens is 379 g/mol. The maximum Gasteiger partial charge on any atom is 0.311 e. The van der Waals surface area contributed by atoms with Crippen molar-refractivity contribution in [2.75, 3.05) is 13.1 Å². The van der Waals surface area contributed by atoms with E-state index in [0.717, 1.165) is 0 Å². The Labute approximate surface area is 160 Å². The lowest BCUT2D eigenvalue weighted by atomic mass is 9.90. The second kappa shape index (κ2) is 7.13. The average Bonchev–Trinajstić information content (AvgIpc) is 3.01. The van der Waals surface area contributed by atoms with Crippen molar-refractivity contribution in [2.24, 2.45) is 5.41 Å². The lowest BCUT2D eigenvalue weighted by Gasteiger charge is -2.21. The number of hydrogen-bond acceptors (Lipinski definition) is 4. The highest BCUT2D eigenvalue weighted by Crippen LogP contribution is 2.34. The van der Waals surface area contributed by atoms with Crippen LogP contribution in [0, 0.1) is 5.41 Å². The minimum absolute atomic E-state index is 0.102. The second-order valence-corrected chi connectivity index (χ2v) is 7.22. The molecule has 3 rings (SSSR count). The third-order valence-corrected chi connectivity index (χ3v) is 4.91. The van der Waals surface area contributed by atoms with E-state index in [0.29, 0.717) is 28.8 Å². The number of halogens is 2. The van der Waals surface area contributed by atoms with Gasteiger partial charge in [0.2, 0.25) is 5.88 Å². The summed E-state index contributed by atoms with van der Waals surface area (Å²) in [6.45, 7) is 2.13. The number of ether oxygens (including phenoxy) is 1. The summed E-state index contributed by atoms with van der Waals surface area (Å²) in [5.41, 5.74) is -0.702. The standard InChI is InChI=1S/C18H16Cl2N2O4/c1-18(17(24)25)6-8-22(10-18)16(23)12-3-2-7-21-15(12)26-14-5-4-11(19)9-13(14)20/h2-5,7,9H,6,8,10H2,1H3,(H,24,25). The van der Waals surface area contributed by atoms with Gasteiger partial charge in [0.25, 0.3) is 5.91 Å². The van der Waals surface area contributed by atoms with Gasteiger partial charge in [-0.3, -0.25) is 9.59 Å². The molecule has 8 heteroatoms. The van der Waals surface area contributed by atoms with Crippen LogP contribution >= 0.6 is 23.2 Å². The SMILES string of the molecule is CC1(C(=O)O)CCN(C(=O)c2cccnc2Oc2ccc(Cl)cc2Cl)C1. The summed E-state index contributed by atoms with van der Waals surface area (Å²) in [6.07, 6.45) is 1.90. The van der Waals surface area contributed by atoms with Crippen LogP contribution < -0.4 is 4.74 Å². The summed E-state index contributed by atoms with van der Waals surface area (Å²) in [4.78, 5) is 29.9. The van der Waals surface area contributed by atoms with Gasteiger partial charge in [-0.05, 0) is 43.7 Å². The topological polar surface area (TPSA) is 79.7 Å². The number of carbonyl (C=O) groups is 2. The minimum Gasteiger partial charge on any atom is -0.481 e. The number of benzene rings is 1. The van der Waals surface area contributed by atoms with Gasteiger partial charge in [0.15, 0.2) is 0 Å². The molecule has 1 atom stereocenters. The first-order chi connectivity index (χ1) is 12.3. The minimum atomic E-state index is -0.946. The smallest absolute Gasteiger partial charge is 0.311 e. The lowest BCUT2D eigenvalue weighted by Crippen LogP contribution is -2.35. The van der Waals surface area contributed by atoms with E-state index in [1.165, 1.54) is 17.2 Å². The number of aromatic nitrogens is 1. The molecule has 136 valence electrons. The van der Waals surface area contributed by atoms with Crippen LogP contribution in [0.2, 0.25) is 10.0 Å². The summed E-state index contributed by atoms with van der Waals surface area (Å²) < 4.78 is 5.71. The number of pyridine rings is 1. The van der Waals surface area contributed by atoms with E-state index in [4.69, 9.17) is 27.9 Å². The van der Waals surface area contributed by atoms with E-state index >= 15 is 0 Å². The van der Waals surface area contributed by atoms with Gasteiger partial charge >= 0.3 is 5.97 Å². The van der Waals surface area contributed by atoms with Gasteiger partial charge in [-0.25, -0.2) is 4.98 Å². The van der Waals surface area contributed by atoms with Crippen molar-refractivity contribution in [3.8, 4) is 11.6 Å². The third kappa shape index (κ3) is 3.61. The summed E-state index contributed by atoms with van der Waals surface area (Å²) >= 11 is 12.0. The lowest BCUT2D eigenvalue weighted by molar-refractivity contribution is -0.147. The van der Waals surface area contributed by atoms with Crippen molar-refractivity contribution in [1.82, 2.24) is 9.88 Å². The number of rotatable bonds is 4. The zero-order chi connectivity index (χ0) is 18.9. The van der Waals surface area contributed by atoms with Crippen molar-refractivity contribution in [1.29, 1.82) is 0 Å². The number of carboxylic acid groups (broad SMARTS) is 1. The van der Waals surface area contributed by atoms with Gasteiger partial charge in [-0.15, -0.1) is 0 Å². The van der Waals surface area contributed by atoms with Crippen LogP contribution in [0.3, 0.4) is 0 Å². The first-order valence-corrected chi connectivity index (χ1v) is 8.66. The van der Waals surface area contributed by atoms with Gasteiger partial charge in [0.1, 0.15) is 11.3 Å². The van der Waals surface area contributed by atoms with E-state index in [2.05, 4.69) is 4.98 Å². The molecule has 1 aliphatic rings. The van der Waals surface area contributed by atoms with Gasteiger partial charge in [-0.1, -0.05) is 23.2 Å². The highest BCUT2D eigenvalue weighted by Gasteiger charge is 2.42. The van der Waals surface area contributed by atoms with Crippen LogP contribution in [-0.2, 0) is 4.79 Å². The maximum absolute atomic E-state index is 12.9. The molecule has 0 spiro atoms. The van der Waals surface area contributed by atoms with Crippen molar-refractivity contribution < 1.29 is 19.4 Å². The zero-order valence-corrected chi connectivity index (χ0v) is 15.4. The number of amides is 1. The first kappa shape index (κ1) is 18.5. The van der Waals surface area contributed by atoms with Crippen LogP contribution in [0.4, 0.5) is 0 Å². The van der Waals surface area contributed by atoms with Gasteiger partial charge < -0.3 is 14.7 Å². The van der Waals surface area contributed by atoms with E-state index in [-0.39, 0.29) is 23.9 Å².